The lowest BCUT2D eigenvalue weighted by Gasteiger charge is -2.15. The van der Waals surface area contributed by atoms with E-state index in [1.807, 2.05) is 0 Å². The maximum atomic E-state index is 12.4. The Morgan fingerprint density at radius 1 is 1.41 bits per heavy atom. The number of carbonyl (C=O) groups excluding carboxylic acids is 1. The van der Waals surface area contributed by atoms with Crippen molar-refractivity contribution in [2.75, 3.05) is 7.11 Å². The first-order valence-corrected chi connectivity index (χ1v) is 8.22. The molecule has 0 heterocycles. The van der Waals surface area contributed by atoms with Crippen LogP contribution in [0.5, 0.6) is 0 Å². The standard InChI is InChI=1S/C13H16ClNO6S/c1-3-4-10(12(16)17)15-22(19,20)11-7-8(14)5-6-9(11)13(18)21-2/h5-7,10,15H,3-4H2,1-2H3,(H,16,17). The fraction of sp³-hybridized carbons (Fsp3) is 0.385. The van der Waals surface area contributed by atoms with Crippen molar-refractivity contribution in [2.24, 2.45) is 0 Å². The molecule has 1 unspecified atom stereocenters. The van der Waals surface area contributed by atoms with Crippen LogP contribution in [0.2, 0.25) is 5.02 Å². The molecule has 0 aliphatic heterocycles. The van der Waals surface area contributed by atoms with Crippen molar-refractivity contribution in [1.82, 2.24) is 4.72 Å². The zero-order valence-corrected chi connectivity index (χ0v) is 13.6. The van der Waals surface area contributed by atoms with Crippen LogP contribution in [0.3, 0.4) is 0 Å². The quantitative estimate of drug-likeness (QED) is 0.724. The molecule has 7 nitrogen and oxygen atoms in total. The van der Waals surface area contributed by atoms with Crippen LogP contribution in [0.25, 0.3) is 0 Å². The monoisotopic (exact) mass is 349 g/mol. The van der Waals surface area contributed by atoms with Crippen LogP contribution < -0.4 is 4.72 Å². The minimum absolute atomic E-state index is 0.0930. The Labute approximate surface area is 133 Å². The average molecular weight is 350 g/mol. The molecule has 0 saturated carbocycles. The van der Waals surface area contributed by atoms with Gasteiger partial charge in [-0.15, -0.1) is 0 Å². The van der Waals surface area contributed by atoms with Crippen molar-refractivity contribution in [3.8, 4) is 0 Å². The Kier molecular flexibility index (Phi) is 6.34. The molecule has 1 rings (SSSR count). The molecule has 1 atom stereocenters. The van der Waals surface area contributed by atoms with E-state index in [4.69, 9.17) is 16.7 Å². The van der Waals surface area contributed by atoms with Gasteiger partial charge in [-0.1, -0.05) is 24.9 Å². The Hall–Kier alpha value is -1.64. The first-order valence-electron chi connectivity index (χ1n) is 6.36. The smallest absolute Gasteiger partial charge is 0.339 e. The van der Waals surface area contributed by atoms with E-state index in [1.165, 1.54) is 12.1 Å². The van der Waals surface area contributed by atoms with E-state index >= 15 is 0 Å². The van der Waals surface area contributed by atoms with Crippen molar-refractivity contribution in [3.63, 3.8) is 0 Å². The molecule has 0 fully saturated rings. The molecular formula is C13H16ClNO6S. The summed E-state index contributed by atoms with van der Waals surface area (Å²) < 4.78 is 31.3. The van der Waals surface area contributed by atoms with Gasteiger partial charge < -0.3 is 9.84 Å². The Balaban J connectivity index is 3.30. The van der Waals surface area contributed by atoms with E-state index in [2.05, 4.69) is 9.46 Å². The summed E-state index contributed by atoms with van der Waals surface area (Å²) in [4.78, 5) is 22.3. The minimum atomic E-state index is -4.25. The molecule has 0 saturated heterocycles. The largest absolute Gasteiger partial charge is 0.480 e. The molecule has 0 aromatic heterocycles. The number of carbonyl (C=O) groups is 2. The summed E-state index contributed by atoms with van der Waals surface area (Å²) in [5, 5.41) is 9.14. The van der Waals surface area contributed by atoms with Crippen molar-refractivity contribution in [2.45, 2.75) is 30.7 Å². The third kappa shape index (κ3) is 4.43. The molecule has 122 valence electrons. The number of sulfonamides is 1. The Bertz CT molecular complexity index is 673. The van der Waals surface area contributed by atoms with Gasteiger partial charge in [-0.3, -0.25) is 4.79 Å². The molecule has 0 aliphatic rings. The molecule has 0 amide bonds. The second-order valence-corrected chi connectivity index (χ2v) is 6.55. The summed E-state index contributed by atoms with van der Waals surface area (Å²) in [7, 11) is -3.14. The fourth-order valence-electron chi connectivity index (χ4n) is 1.77. The lowest BCUT2D eigenvalue weighted by atomic mass is 10.2. The van der Waals surface area contributed by atoms with Gasteiger partial charge in [-0.05, 0) is 24.6 Å². The van der Waals surface area contributed by atoms with Crippen LogP contribution in [0.1, 0.15) is 30.1 Å². The highest BCUT2D eigenvalue weighted by Gasteiger charge is 2.28. The molecule has 1 aromatic rings. The number of hydrogen-bond acceptors (Lipinski definition) is 5. The summed E-state index contributed by atoms with van der Waals surface area (Å²) in [6.45, 7) is 1.73. The molecule has 9 heteroatoms. The molecule has 2 N–H and O–H groups in total. The van der Waals surface area contributed by atoms with Gasteiger partial charge in [0, 0.05) is 5.02 Å². The fourth-order valence-corrected chi connectivity index (χ4v) is 3.45. The van der Waals surface area contributed by atoms with Crippen LogP contribution in [0.4, 0.5) is 0 Å². The lowest BCUT2D eigenvalue weighted by molar-refractivity contribution is -0.139. The molecule has 1 aromatic carbocycles. The summed E-state index contributed by atoms with van der Waals surface area (Å²) >= 11 is 5.77. The van der Waals surface area contributed by atoms with Crippen LogP contribution >= 0.6 is 11.6 Å². The maximum Gasteiger partial charge on any atom is 0.339 e. The van der Waals surface area contributed by atoms with E-state index in [0.29, 0.717) is 6.42 Å². The van der Waals surface area contributed by atoms with E-state index in [-0.39, 0.29) is 17.0 Å². The molecule has 22 heavy (non-hydrogen) atoms. The summed E-state index contributed by atoms with van der Waals surface area (Å²) in [6.07, 6.45) is 0.585. The number of carboxylic acid groups (broad SMARTS) is 1. The molecular weight excluding hydrogens is 334 g/mol. The van der Waals surface area contributed by atoms with Crippen molar-refractivity contribution in [3.05, 3.63) is 28.8 Å². The van der Waals surface area contributed by atoms with Crippen molar-refractivity contribution in [1.29, 1.82) is 0 Å². The predicted molar refractivity (Wildman–Crippen MR) is 79.4 cm³/mol. The number of ether oxygens (including phenoxy) is 1. The average Bonchev–Trinajstić information content (AvgIpc) is 2.45. The van der Waals surface area contributed by atoms with Crippen LogP contribution in [0, 0.1) is 0 Å². The van der Waals surface area contributed by atoms with Gasteiger partial charge in [0.1, 0.15) is 6.04 Å². The highest BCUT2D eigenvalue weighted by atomic mass is 35.5. The molecule has 0 aliphatic carbocycles. The van der Waals surface area contributed by atoms with Crippen LogP contribution in [0.15, 0.2) is 23.1 Å². The number of esters is 1. The summed E-state index contributed by atoms with van der Waals surface area (Å²) in [5.74, 6) is -2.16. The predicted octanol–water partition coefficient (Wildman–Crippen LogP) is 1.66. The van der Waals surface area contributed by atoms with E-state index in [1.54, 1.807) is 6.92 Å². The first kappa shape index (κ1) is 18.4. The van der Waals surface area contributed by atoms with E-state index < -0.39 is 32.9 Å². The Morgan fingerprint density at radius 2 is 2.05 bits per heavy atom. The number of benzene rings is 1. The van der Waals surface area contributed by atoms with Gasteiger partial charge in [0.15, 0.2) is 0 Å². The first-order chi connectivity index (χ1) is 10.2. The second-order valence-electron chi connectivity index (χ2n) is 4.43. The number of methoxy groups -OCH3 is 1. The van der Waals surface area contributed by atoms with Gasteiger partial charge in [-0.2, -0.15) is 4.72 Å². The normalized spacial score (nSPS) is 12.7. The lowest BCUT2D eigenvalue weighted by Crippen LogP contribution is -2.41. The minimum Gasteiger partial charge on any atom is -0.480 e. The summed E-state index contributed by atoms with van der Waals surface area (Å²) in [6, 6.07) is 2.33. The van der Waals surface area contributed by atoms with Gasteiger partial charge >= 0.3 is 11.9 Å². The highest BCUT2D eigenvalue weighted by Crippen LogP contribution is 2.22. The zero-order valence-electron chi connectivity index (χ0n) is 12.0. The van der Waals surface area contributed by atoms with Gasteiger partial charge in [-0.25, -0.2) is 13.2 Å². The van der Waals surface area contributed by atoms with Crippen LogP contribution in [-0.2, 0) is 19.6 Å². The van der Waals surface area contributed by atoms with E-state index in [0.717, 1.165) is 13.2 Å². The van der Waals surface area contributed by atoms with Crippen molar-refractivity contribution < 1.29 is 27.9 Å². The maximum absolute atomic E-state index is 12.4. The molecule has 0 bridgehead atoms. The SMILES string of the molecule is CCCC(NS(=O)(=O)c1cc(Cl)ccc1C(=O)OC)C(=O)O. The zero-order chi connectivity index (χ0) is 16.9. The third-order valence-corrected chi connectivity index (χ3v) is 4.56. The van der Waals surface area contributed by atoms with E-state index in [9.17, 15) is 18.0 Å². The highest BCUT2D eigenvalue weighted by molar-refractivity contribution is 7.89. The number of aliphatic carboxylic acids is 1. The summed E-state index contributed by atoms with van der Waals surface area (Å²) in [5.41, 5.74) is -0.222. The topological polar surface area (TPSA) is 110 Å². The number of rotatable bonds is 7. The number of carboxylic acids is 1. The van der Waals surface area contributed by atoms with Crippen molar-refractivity contribution >= 4 is 33.6 Å². The number of halogens is 1. The molecule has 0 radical (unpaired) electrons. The van der Waals surface area contributed by atoms with Crippen LogP contribution in [-0.4, -0.2) is 38.6 Å². The number of hydrogen-bond donors (Lipinski definition) is 2. The second kappa shape index (κ2) is 7.57. The number of nitrogens with one attached hydrogen (secondary N) is 1. The third-order valence-electron chi connectivity index (χ3n) is 2.81. The van der Waals surface area contributed by atoms with Gasteiger partial charge in [0.25, 0.3) is 0 Å². The molecule has 0 spiro atoms. The Morgan fingerprint density at radius 3 is 2.55 bits per heavy atom. The van der Waals surface area contributed by atoms with Gasteiger partial charge in [0.2, 0.25) is 10.0 Å². The van der Waals surface area contributed by atoms with Gasteiger partial charge in [0.05, 0.1) is 17.6 Å².